The number of aromatic amines is 1. The van der Waals surface area contributed by atoms with Gasteiger partial charge in [-0.15, -0.1) is 11.3 Å². The number of nitrogens with one attached hydrogen (secondary N) is 1. The Morgan fingerprint density at radius 3 is 2.69 bits per heavy atom. The predicted molar refractivity (Wildman–Crippen MR) is 89.4 cm³/mol. The first-order chi connectivity index (χ1) is 12.2. The highest BCUT2D eigenvalue weighted by atomic mass is 35.5. The molecule has 5 nitrogen and oxygen atoms in total. The quantitative estimate of drug-likeness (QED) is 0.673. The minimum Gasteiger partial charge on any atom is -0.327 e. The highest BCUT2D eigenvalue weighted by molar-refractivity contribution is 7.18. The van der Waals surface area contributed by atoms with Crippen molar-refractivity contribution >= 4 is 38.9 Å². The summed E-state index contributed by atoms with van der Waals surface area (Å²) < 4.78 is 38.8. The SMILES string of the molecule is N#CC(C(=O)c1c[nH]c(=O)c(Cl)c1)c1nc2cc(C(F)(F)F)ccc2s1. The summed E-state index contributed by atoms with van der Waals surface area (Å²) in [4.78, 5) is 30.1. The molecule has 132 valence electrons. The zero-order chi connectivity index (χ0) is 19.1. The monoisotopic (exact) mass is 397 g/mol. The number of halogens is 4. The van der Waals surface area contributed by atoms with Gasteiger partial charge in [0, 0.05) is 11.8 Å². The van der Waals surface area contributed by atoms with Gasteiger partial charge < -0.3 is 4.98 Å². The van der Waals surface area contributed by atoms with E-state index in [9.17, 15) is 28.0 Å². The first-order valence-corrected chi connectivity index (χ1v) is 8.20. The number of hydrogen-bond acceptors (Lipinski definition) is 5. The van der Waals surface area contributed by atoms with Crippen LogP contribution in [0.4, 0.5) is 13.2 Å². The third-order valence-corrected chi connectivity index (χ3v) is 4.89. The second-order valence-corrected chi connectivity index (χ2v) is 6.69. The Morgan fingerprint density at radius 1 is 1.35 bits per heavy atom. The van der Waals surface area contributed by atoms with E-state index in [1.54, 1.807) is 6.07 Å². The van der Waals surface area contributed by atoms with Crippen LogP contribution < -0.4 is 5.56 Å². The molecule has 1 atom stereocenters. The Labute approximate surface area is 152 Å². The van der Waals surface area contributed by atoms with E-state index in [-0.39, 0.29) is 21.1 Å². The van der Waals surface area contributed by atoms with Gasteiger partial charge >= 0.3 is 6.18 Å². The Balaban J connectivity index is 2.02. The topological polar surface area (TPSA) is 86.6 Å². The zero-order valence-electron chi connectivity index (χ0n) is 12.6. The Bertz CT molecular complexity index is 1110. The molecule has 0 aliphatic rings. The van der Waals surface area contributed by atoms with Crippen LogP contribution in [0.3, 0.4) is 0 Å². The number of nitrogens with zero attached hydrogens (tertiary/aromatic N) is 2. The molecule has 2 aromatic heterocycles. The van der Waals surface area contributed by atoms with Gasteiger partial charge in [-0.2, -0.15) is 18.4 Å². The molecule has 0 aliphatic carbocycles. The fourth-order valence-corrected chi connectivity index (χ4v) is 3.40. The van der Waals surface area contributed by atoms with E-state index in [1.165, 1.54) is 6.07 Å². The summed E-state index contributed by atoms with van der Waals surface area (Å²) >= 11 is 6.63. The Kier molecular flexibility index (Phi) is 4.56. The zero-order valence-corrected chi connectivity index (χ0v) is 14.2. The van der Waals surface area contributed by atoms with E-state index in [1.807, 2.05) is 0 Å². The Hall–Kier alpha value is -2.70. The standard InChI is InChI=1S/C16H7ClF3N3O2S/c17-10-3-7(6-22-14(10)25)13(24)9(5-21)15-23-11-4-8(16(18,19)20)1-2-12(11)26-15/h1-4,6,9H,(H,22,25). The smallest absolute Gasteiger partial charge is 0.327 e. The molecule has 0 fully saturated rings. The molecule has 0 amide bonds. The minimum absolute atomic E-state index is 0.00335. The molecule has 0 saturated heterocycles. The number of benzene rings is 1. The van der Waals surface area contributed by atoms with Crippen molar-refractivity contribution < 1.29 is 18.0 Å². The number of H-pyrrole nitrogens is 1. The van der Waals surface area contributed by atoms with E-state index in [2.05, 4.69) is 9.97 Å². The lowest BCUT2D eigenvalue weighted by atomic mass is 10.0. The average Bonchev–Trinajstić information content (AvgIpc) is 2.99. The molecule has 0 spiro atoms. The van der Waals surface area contributed by atoms with E-state index >= 15 is 0 Å². The molecule has 0 bridgehead atoms. The number of carbonyl (C=O) groups excluding carboxylic acids is 1. The molecule has 1 unspecified atom stereocenters. The molecular weight excluding hydrogens is 391 g/mol. The summed E-state index contributed by atoms with van der Waals surface area (Å²) in [5, 5.41) is 9.20. The highest BCUT2D eigenvalue weighted by Gasteiger charge is 2.31. The van der Waals surface area contributed by atoms with Crippen molar-refractivity contribution in [1.82, 2.24) is 9.97 Å². The van der Waals surface area contributed by atoms with Crippen LogP contribution in [0, 0.1) is 11.3 Å². The molecule has 0 saturated carbocycles. The number of nitriles is 1. The van der Waals surface area contributed by atoms with Gasteiger partial charge in [0.25, 0.3) is 5.56 Å². The summed E-state index contributed by atoms with van der Waals surface area (Å²) in [6.45, 7) is 0. The lowest BCUT2D eigenvalue weighted by Crippen LogP contribution is -2.14. The minimum atomic E-state index is -4.52. The van der Waals surface area contributed by atoms with Crippen LogP contribution in [-0.2, 0) is 6.18 Å². The number of fused-ring (bicyclic) bond motifs is 1. The van der Waals surface area contributed by atoms with E-state index in [4.69, 9.17) is 11.6 Å². The first kappa shape index (κ1) is 18.1. The second-order valence-electron chi connectivity index (χ2n) is 5.22. The highest BCUT2D eigenvalue weighted by Crippen LogP contribution is 2.35. The molecule has 3 rings (SSSR count). The number of hydrogen-bond donors (Lipinski definition) is 1. The fourth-order valence-electron chi connectivity index (χ4n) is 2.24. The number of carbonyl (C=O) groups is 1. The van der Waals surface area contributed by atoms with Gasteiger partial charge in [0.05, 0.1) is 21.8 Å². The molecule has 10 heteroatoms. The van der Waals surface area contributed by atoms with Crippen LogP contribution in [0.15, 0.2) is 35.3 Å². The van der Waals surface area contributed by atoms with Crippen LogP contribution in [0.2, 0.25) is 5.02 Å². The lowest BCUT2D eigenvalue weighted by molar-refractivity contribution is -0.137. The van der Waals surface area contributed by atoms with E-state index < -0.39 is 29.0 Å². The van der Waals surface area contributed by atoms with Crippen molar-refractivity contribution in [3.05, 3.63) is 62.0 Å². The summed E-state index contributed by atoms with van der Waals surface area (Å²) in [5.41, 5.74) is -1.41. The summed E-state index contributed by atoms with van der Waals surface area (Å²) in [6, 6.07) is 5.95. The van der Waals surface area contributed by atoms with Crippen LogP contribution >= 0.6 is 22.9 Å². The predicted octanol–water partition coefficient (Wildman–Crippen LogP) is 4.15. The van der Waals surface area contributed by atoms with E-state index in [0.29, 0.717) is 4.70 Å². The number of rotatable bonds is 3. The van der Waals surface area contributed by atoms with Crippen LogP contribution in [0.5, 0.6) is 0 Å². The molecule has 0 radical (unpaired) electrons. The van der Waals surface area contributed by atoms with Gasteiger partial charge in [-0.1, -0.05) is 11.6 Å². The number of aromatic nitrogens is 2. The van der Waals surface area contributed by atoms with Gasteiger partial charge in [0.1, 0.15) is 10.0 Å². The van der Waals surface area contributed by atoms with Crippen LogP contribution in [-0.4, -0.2) is 15.8 Å². The van der Waals surface area contributed by atoms with Gasteiger partial charge in [0.2, 0.25) is 0 Å². The lowest BCUT2D eigenvalue weighted by Gasteiger charge is -2.05. The van der Waals surface area contributed by atoms with Crippen LogP contribution in [0.1, 0.15) is 26.8 Å². The number of Topliss-reactive ketones (excluding diaryl/α,β-unsaturated/α-hetero) is 1. The molecule has 26 heavy (non-hydrogen) atoms. The van der Waals surface area contributed by atoms with Crippen molar-refractivity contribution in [3.63, 3.8) is 0 Å². The van der Waals surface area contributed by atoms with Crippen molar-refractivity contribution in [1.29, 1.82) is 5.26 Å². The fraction of sp³-hybridized carbons (Fsp3) is 0.125. The third kappa shape index (κ3) is 3.34. The largest absolute Gasteiger partial charge is 0.416 e. The third-order valence-electron chi connectivity index (χ3n) is 3.51. The number of thiazole rings is 1. The number of pyridine rings is 1. The summed E-state index contributed by atoms with van der Waals surface area (Å²) in [5.74, 6) is -2.00. The molecule has 1 N–H and O–H groups in total. The van der Waals surface area contributed by atoms with Crippen molar-refractivity contribution in [2.24, 2.45) is 0 Å². The molecule has 0 aliphatic heterocycles. The van der Waals surface area contributed by atoms with E-state index in [0.717, 1.165) is 35.7 Å². The molecular formula is C16H7ClF3N3O2S. The van der Waals surface area contributed by atoms with Gasteiger partial charge in [-0.3, -0.25) is 9.59 Å². The van der Waals surface area contributed by atoms with Crippen LogP contribution in [0.25, 0.3) is 10.2 Å². The summed E-state index contributed by atoms with van der Waals surface area (Å²) in [7, 11) is 0. The molecule has 2 heterocycles. The van der Waals surface area contributed by atoms with Gasteiger partial charge in [0.15, 0.2) is 11.7 Å². The maximum Gasteiger partial charge on any atom is 0.416 e. The second kappa shape index (κ2) is 6.55. The van der Waals surface area contributed by atoms with Crippen molar-refractivity contribution in [2.45, 2.75) is 12.1 Å². The number of ketones is 1. The first-order valence-electron chi connectivity index (χ1n) is 7.00. The van der Waals surface area contributed by atoms with Crippen molar-refractivity contribution in [3.8, 4) is 6.07 Å². The maximum atomic E-state index is 12.8. The van der Waals surface area contributed by atoms with Crippen molar-refractivity contribution in [2.75, 3.05) is 0 Å². The number of alkyl halides is 3. The maximum absolute atomic E-state index is 12.8. The average molecular weight is 398 g/mol. The summed E-state index contributed by atoms with van der Waals surface area (Å²) in [6.07, 6.45) is -3.40. The van der Waals surface area contributed by atoms with Gasteiger partial charge in [-0.25, -0.2) is 4.98 Å². The normalized spacial score (nSPS) is 12.7. The molecule has 3 aromatic rings. The molecule has 1 aromatic carbocycles. The Morgan fingerprint density at radius 2 is 2.08 bits per heavy atom. The van der Waals surface area contributed by atoms with Gasteiger partial charge in [-0.05, 0) is 24.3 Å².